The molecule has 0 saturated heterocycles. The zero-order valence-electron chi connectivity index (χ0n) is 8.26. The van der Waals surface area contributed by atoms with E-state index in [4.69, 9.17) is 0 Å². The van der Waals surface area contributed by atoms with Crippen molar-refractivity contribution in [3.05, 3.63) is 29.8 Å². The van der Waals surface area contributed by atoms with E-state index in [-0.39, 0.29) is 17.5 Å². The van der Waals surface area contributed by atoms with Crippen LogP contribution in [0.1, 0.15) is 13.3 Å². The van der Waals surface area contributed by atoms with Crippen LogP contribution in [0, 0.1) is 23.5 Å². The van der Waals surface area contributed by atoms with Crippen molar-refractivity contribution in [2.45, 2.75) is 13.3 Å². The van der Waals surface area contributed by atoms with Crippen molar-refractivity contribution in [2.75, 3.05) is 5.32 Å². The molecular formula is C11H11F2NO. The van der Waals surface area contributed by atoms with Crippen LogP contribution >= 0.6 is 0 Å². The Kier molecular flexibility index (Phi) is 2.42. The third kappa shape index (κ3) is 2.14. The summed E-state index contributed by atoms with van der Waals surface area (Å²) in [6.45, 7) is 1.95. The van der Waals surface area contributed by atoms with Crippen LogP contribution in [0.3, 0.4) is 0 Å². The molecular weight excluding hydrogens is 200 g/mol. The van der Waals surface area contributed by atoms with Crippen LogP contribution in [-0.2, 0) is 4.79 Å². The lowest BCUT2D eigenvalue weighted by Crippen LogP contribution is -2.15. The highest BCUT2D eigenvalue weighted by molar-refractivity contribution is 5.94. The van der Waals surface area contributed by atoms with E-state index in [1.54, 1.807) is 0 Å². The smallest absolute Gasteiger partial charge is 0.227 e. The van der Waals surface area contributed by atoms with Gasteiger partial charge in [0.25, 0.3) is 0 Å². The fourth-order valence-corrected chi connectivity index (χ4v) is 1.51. The van der Waals surface area contributed by atoms with Crippen molar-refractivity contribution in [1.29, 1.82) is 0 Å². The number of hydrogen-bond acceptors (Lipinski definition) is 1. The van der Waals surface area contributed by atoms with Gasteiger partial charge in [-0.05, 0) is 24.5 Å². The van der Waals surface area contributed by atoms with Crippen molar-refractivity contribution >= 4 is 11.6 Å². The summed E-state index contributed by atoms with van der Waals surface area (Å²) in [6, 6.07) is 3.01. The minimum atomic E-state index is -0.613. The van der Waals surface area contributed by atoms with Crippen LogP contribution < -0.4 is 5.32 Å². The molecule has 0 aliphatic heterocycles. The SMILES string of the molecule is CC1CC1C(=O)Nc1cc(F)ccc1F. The molecule has 1 amide bonds. The second-order valence-corrected chi connectivity index (χ2v) is 3.93. The fourth-order valence-electron chi connectivity index (χ4n) is 1.51. The molecule has 1 aromatic carbocycles. The van der Waals surface area contributed by atoms with Gasteiger partial charge in [0.2, 0.25) is 5.91 Å². The van der Waals surface area contributed by atoms with E-state index in [1.807, 2.05) is 6.92 Å². The van der Waals surface area contributed by atoms with Crippen LogP contribution in [0.2, 0.25) is 0 Å². The molecule has 2 nitrogen and oxygen atoms in total. The predicted octanol–water partition coefficient (Wildman–Crippen LogP) is 2.56. The van der Waals surface area contributed by atoms with Crippen molar-refractivity contribution < 1.29 is 13.6 Å². The van der Waals surface area contributed by atoms with Gasteiger partial charge in [0.05, 0.1) is 5.69 Å². The molecule has 0 heterocycles. The van der Waals surface area contributed by atoms with Crippen molar-refractivity contribution in [1.82, 2.24) is 0 Å². The normalized spacial score (nSPS) is 23.7. The molecule has 1 saturated carbocycles. The van der Waals surface area contributed by atoms with Gasteiger partial charge in [-0.15, -0.1) is 0 Å². The summed E-state index contributed by atoms with van der Waals surface area (Å²) in [5.41, 5.74) is -0.0842. The molecule has 1 aliphatic rings. The van der Waals surface area contributed by atoms with E-state index in [2.05, 4.69) is 5.32 Å². The first kappa shape index (κ1) is 10.1. The number of halogens is 2. The Hall–Kier alpha value is -1.45. The summed E-state index contributed by atoms with van der Waals surface area (Å²) in [7, 11) is 0. The monoisotopic (exact) mass is 211 g/mol. The zero-order chi connectivity index (χ0) is 11.0. The lowest BCUT2D eigenvalue weighted by atomic mass is 10.2. The Bertz CT molecular complexity index is 406. The average Bonchev–Trinajstić information content (AvgIpc) is 2.89. The Labute approximate surface area is 86.3 Å². The predicted molar refractivity (Wildman–Crippen MR) is 52.3 cm³/mol. The largest absolute Gasteiger partial charge is 0.323 e. The minimum Gasteiger partial charge on any atom is -0.323 e. The summed E-state index contributed by atoms with van der Waals surface area (Å²) in [5.74, 6) is -1.10. The molecule has 1 aliphatic carbocycles. The van der Waals surface area contributed by atoms with Crippen molar-refractivity contribution in [3.63, 3.8) is 0 Å². The van der Waals surface area contributed by atoms with E-state index in [0.717, 1.165) is 24.6 Å². The second kappa shape index (κ2) is 3.61. The molecule has 2 atom stereocenters. The van der Waals surface area contributed by atoms with Gasteiger partial charge >= 0.3 is 0 Å². The highest BCUT2D eigenvalue weighted by Gasteiger charge is 2.39. The van der Waals surface area contributed by atoms with Gasteiger partial charge < -0.3 is 5.32 Å². The van der Waals surface area contributed by atoms with Crippen molar-refractivity contribution in [2.24, 2.45) is 11.8 Å². The quantitative estimate of drug-likeness (QED) is 0.800. The first-order valence-electron chi connectivity index (χ1n) is 4.84. The average molecular weight is 211 g/mol. The number of amides is 1. The Morgan fingerprint density at radius 1 is 1.47 bits per heavy atom. The molecule has 0 bridgehead atoms. The standard InChI is InChI=1S/C11H11F2NO/c1-6-4-8(6)11(15)14-10-5-7(12)2-3-9(10)13/h2-3,5-6,8H,4H2,1H3,(H,14,15). The summed E-state index contributed by atoms with van der Waals surface area (Å²) in [4.78, 5) is 11.4. The molecule has 80 valence electrons. The second-order valence-electron chi connectivity index (χ2n) is 3.93. The fraction of sp³-hybridized carbons (Fsp3) is 0.364. The topological polar surface area (TPSA) is 29.1 Å². The van der Waals surface area contributed by atoms with Gasteiger partial charge in [-0.3, -0.25) is 4.79 Å². The summed E-state index contributed by atoms with van der Waals surface area (Å²) >= 11 is 0. The first-order valence-corrected chi connectivity index (χ1v) is 4.84. The number of rotatable bonds is 2. The van der Waals surface area contributed by atoms with Gasteiger partial charge in [0, 0.05) is 12.0 Å². The molecule has 0 spiro atoms. The molecule has 1 aromatic rings. The molecule has 1 fully saturated rings. The van der Waals surface area contributed by atoms with Crippen LogP contribution in [0.25, 0.3) is 0 Å². The van der Waals surface area contributed by atoms with Crippen LogP contribution in [-0.4, -0.2) is 5.91 Å². The molecule has 4 heteroatoms. The summed E-state index contributed by atoms with van der Waals surface area (Å²) < 4.78 is 25.9. The lowest BCUT2D eigenvalue weighted by Gasteiger charge is -2.05. The third-order valence-electron chi connectivity index (χ3n) is 2.63. The molecule has 2 rings (SSSR count). The Morgan fingerprint density at radius 2 is 2.13 bits per heavy atom. The zero-order valence-corrected chi connectivity index (χ0v) is 8.26. The van der Waals surface area contributed by atoms with Gasteiger partial charge in [0.15, 0.2) is 0 Å². The van der Waals surface area contributed by atoms with E-state index in [9.17, 15) is 13.6 Å². The number of benzene rings is 1. The van der Waals surface area contributed by atoms with Crippen LogP contribution in [0.15, 0.2) is 18.2 Å². The lowest BCUT2D eigenvalue weighted by molar-refractivity contribution is -0.117. The van der Waals surface area contributed by atoms with Gasteiger partial charge in [0.1, 0.15) is 11.6 Å². The summed E-state index contributed by atoms with van der Waals surface area (Å²) in [6.07, 6.45) is 0.822. The third-order valence-corrected chi connectivity index (χ3v) is 2.63. The Balaban J connectivity index is 2.10. The maximum Gasteiger partial charge on any atom is 0.227 e. The van der Waals surface area contributed by atoms with Crippen molar-refractivity contribution in [3.8, 4) is 0 Å². The maximum atomic E-state index is 13.1. The number of hydrogen-bond donors (Lipinski definition) is 1. The first-order chi connectivity index (χ1) is 7.08. The van der Waals surface area contributed by atoms with E-state index in [0.29, 0.717) is 5.92 Å². The maximum absolute atomic E-state index is 13.1. The molecule has 15 heavy (non-hydrogen) atoms. The van der Waals surface area contributed by atoms with Gasteiger partial charge in [-0.2, -0.15) is 0 Å². The number of nitrogens with one attached hydrogen (secondary N) is 1. The van der Waals surface area contributed by atoms with E-state index < -0.39 is 11.6 Å². The van der Waals surface area contributed by atoms with E-state index >= 15 is 0 Å². The molecule has 1 N–H and O–H groups in total. The summed E-state index contributed by atoms with van der Waals surface area (Å²) in [5, 5.41) is 2.39. The number of carbonyl (C=O) groups is 1. The van der Waals surface area contributed by atoms with Gasteiger partial charge in [-0.25, -0.2) is 8.78 Å². The molecule has 0 radical (unpaired) electrons. The number of anilines is 1. The van der Waals surface area contributed by atoms with Gasteiger partial charge in [-0.1, -0.05) is 6.92 Å². The van der Waals surface area contributed by atoms with E-state index in [1.165, 1.54) is 0 Å². The highest BCUT2D eigenvalue weighted by atomic mass is 19.1. The van der Waals surface area contributed by atoms with Crippen LogP contribution in [0.4, 0.5) is 14.5 Å². The minimum absolute atomic E-state index is 0.0485. The molecule has 2 unspecified atom stereocenters. The van der Waals surface area contributed by atoms with Crippen LogP contribution in [0.5, 0.6) is 0 Å². The Morgan fingerprint density at radius 3 is 2.73 bits per heavy atom. The number of carbonyl (C=O) groups excluding carboxylic acids is 1. The highest BCUT2D eigenvalue weighted by Crippen LogP contribution is 2.38. The molecule has 0 aromatic heterocycles.